The predicted octanol–water partition coefficient (Wildman–Crippen LogP) is 4.45. The van der Waals surface area contributed by atoms with Crippen LogP contribution in [-0.2, 0) is 14.1 Å². The number of ether oxygens (including phenoxy) is 1. The maximum atomic E-state index is 11.9. The molecule has 0 bridgehead atoms. The second kappa shape index (κ2) is 14.3. The first-order valence-electron chi connectivity index (χ1n) is 10.8. The number of nitrogens with zero attached hydrogens (tertiary/aromatic N) is 3. The van der Waals surface area contributed by atoms with Gasteiger partial charge in [0.25, 0.3) is 0 Å². The number of hydrogen-bond acceptors (Lipinski definition) is 6. The Labute approximate surface area is 186 Å². The van der Waals surface area contributed by atoms with Crippen LogP contribution in [0.2, 0.25) is 0 Å². The van der Waals surface area contributed by atoms with Gasteiger partial charge in [0.15, 0.2) is 8.45 Å². The lowest BCUT2D eigenvalue weighted by Crippen LogP contribution is -2.43. The summed E-state index contributed by atoms with van der Waals surface area (Å²) in [5.41, 5.74) is 0. The van der Waals surface area contributed by atoms with Gasteiger partial charge in [0.05, 0.1) is 41.0 Å². The van der Waals surface area contributed by atoms with Crippen LogP contribution in [0.25, 0.3) is 0 Å². The van der Waals surface area contributed by atoms with Crippen LogP contribution in [0, 0.1) is 0 Å². The van der Waals surface area contributed by atoms with E-state index in [0.29, 0.717) is 60.8 Å². The third kappa shape index (κ3) is 12.6. The van der Waals surface area contributed by atoms with E-state index in [-0.39, 0.29) is 5.12 Å². The molecule has 174 valence electrons. The van der Waals surface area contributed by atoms with Crippen molar-refractivity contribution in [2.45, 2.75) is 79.6 Å². The number of rotatable bonds is 15. The molecule has 0 N–H and O–H groups in total. The zero-order chi connectivity index (χ0) is 22.8. The molecular formula is C21H47N3O3PS+. The molecule has 0 saturated carbocycles. The topological polar surface area (TPSA) is 42.0 Å². The molecule has 0 aliphatic carbocycles. The summed E-state index contributed by atoms with van der Waals surface area (Å²) < 4.78 is 17.8. The highest BCUT2D eigenvalue weighted by molar-refractivity contribution is 8.13. The number of thioether (sulfide) groups is 1. The van der Waals surface area contributed by atoms with Gasteiger partial charge in [-0.05, 0) is 55.4 Å². The third-order valence-electron chi connectivity index (χ3n) is 4.04. The Kier molecular flexibility index (Phi) is 14.5. The van der Waals surface area contributed by atoms with E-state index >= 15 is 0 Å². The molecule has 0 aliphatic rings. The standard InChI is InChI=1S/C21H47N3O3PS/c1-17(2)22(18(3)4)28(23(19(5)6)20(7)8)27-13-12-26-14-15-29-21(25)16-24(9,10)11/h17-20H,12-16H2,1-11H3/q+1. The molecule has 0 saturated heterocycles. The molecule has 6 nitrogen and oxygen atoms in total. The minimum absolute atomic E-state index is 0.217. The van der Waals surface area contributed by atoms with Crippen molar-refractivity contribution in [1.82, 2.24) is 9.34 Å². The van der Waals surface area contributed by atoms with Crippen LogP contribution in [-0.4, -0.2) is 96.4 Å². The normalized spacial score (nSPS) is 13.3. The largest absolute Gasteiger partial charge is 0.378 e. The van der Waals surface area contributed by atoms with E-state index in [0.717, 1.165) is 0 Å². The Hall–Kier alpha value is 0.250. The first kappa shape index (κ1) is 29.2. The Balaban J connectivity index is 4.59. The van der Waals surface area contributed by atoms with Gasteiger partial charge < -0.3 is 13.7 Å². The van der Waals surface area contributed by atoms with E-state index in [9.17, 15) is 4.79 Å². The SMILES string of the molecule is CC(C)N(C(C)C)P(OCCOCCSC(=O)C[N+](C)(C)C)N(C(C)C)C(C)C. The molecular weight excluding hydrogens is 405 g/mol. The Morgan fingerprint density at radius 3 is 1.66 bits per heavy atom. The molecule has 29 heavy (non-hydrogen) atoms. The van der Waals surface area contributed by atoms with Crippen LogP contribution >= 0.6 is 20.2 Å². The number of carbonyl (C=O) groups excluding carboxylic acids is 1. The van der Waals surface area contributed by atoms with Gasteiger partial charge >= 0.3 is 0 Å². The van der Waals surface area contributed by atoms with Gasteiger partial charge in [-0.25, -0.2) is 9.34 Å². The summed E-state index contributed by atoms with van der Waals surface area (Å²) >= 11 is 1.36. The summed E-state index contributed by atoms with van der Waals surface area (Å²) in [5.74, 6) is 0.696. The van der Waals surface area contributed by atoms with Crippen LogP contribution in [0.3, 0.4) is 0 Å². The summed E-state index contributed by atoms with van der Waals surface area (Å²) in [6.45, 7) is 20.1. The van der Waals surface area contributed by atoms with Crippen molar-refractivity contribution in [2.24, 2.45) is 0 Å². The van der Waals surface area contributed by atoms with Gasteiger partial charge in [-0.2, -0.15) is 0 Å². The van der Waals surface area contributed by atoms with E-state index in [2.05, 4.69) is 64.7 Å². The molecule has 0 atom stereocenters. The monoisotopic (exact) mass is 452 g/mol. The van der Waals surface area contributed by atoms with Crippen molar-refractivity contribution < 1.29 is 18.5 Å². The molecule has 0 unspecified atom stereocenters. The number of quaternary nitrogens is 1. The zero-order valence-electron chi connectivity index (χ0n) is 20.8. The highest BCUT2D eigenvalue weighted by atomic mass is 32.2. The van der Waals surface area contributed by atoms with Crippen molar-refractivity contribution in [3.63, 3.8) is 0 Å². The molecule has 0 aliphatic heterocycles. The van der Waals surface area contributed by atoms with E-state index in [1.807, 2.05) is 21.1 Å². The molecule has 8 heteroatoms. The molecule has 0 fully saturated rings. The maximum absolute atomic E-state index is 11.9. The fourth-order valence-electron chi connectivity index (χ4n) is 3.16. The van der Waals surface area contributed by atoms with Gasteiger partial charge in [-0.15, -0.1) is 0 Å². The summed E-state index contributed by atoms with van der Waals surface area (Å²) in [5, 5.41) is 0.217. The Morgan fingerprint density at radius 1 is 0.828 bits per heavy atom. The van der Waals surface area contributed by atoms with E-state index in [1.165, 1.54) is 11.8 Å². The molecule has 0 aromatic heterocycles. The van der Waals surface area contributed by atoms with Crippen molar-refractivity contribution in [3.05, 3.63) is 0 Å². The number of hydrogen-bond donors (Lipinski definition) is 0. The van der Waals surface area contributed by atoms with Crippen LogP contribution in [0.15, 0.2) is 0 Å². The van der Waals surface area contributed by atoms with Crippen molar-refractivity contribution in [1.29, 1.82) is 0 Å². The summed E-state index contributed by atoms with van der Waals surface area (Å²) in [7, 11) is 5.21. The first-order valence-corrected chi connectivity index (χ1v) is 13.0. The van der Waals surface area contributed by atoms with Crippen molar-refractivity contribution in [3.8, 4) is 0 Å². The molecule has 0 aromatic carbocycles. The summed E-state index contributed by atoms with van der Waals surface area (Å²) in [6.07, 6.45) is 0. The quantitative estimate of drug-likeness (QED) is 0.208. The number of likely N-dealkylation sites (N-methyl/N-ethyl adjacent to an activating group) is 1. The molecule has 0 aromatic rings. The van der Waals surface area contributed by atoms with E-state index in [1.54, 1.807) is 0 Å². The Bertz CT molecular complexity index is 421. The fourth-order valence-corrected chi connectivity index (χ4v) is 6.39. The fraction of sp³-hybridized carbons (Fsp3) is 0.952. The second-order valence-corrected chi connectivity index (χ2v) is 12.3. The van der Waals surface area contributed by atoms with Crippen molar-refractivity contribution in [2.75, 3.05) is 53.3 Å². The molecule has 0 radical (unpaired) electrons. The molecule has 0 spiro atoms. The third-order valence-corrected chi connectivity index (χ3v) is 7.91. The van der Waals surface area contributed by atoms with Gasteiger partial charge in [-0.3, -0.25) is 4.79 Å². The highest BCUT2D eigenvalue weighted by Gasteiger charge is 2.34. The van der Waals surface area contributed by atoms with Gasteiger partial charge in [-0.1, -0.05) is 11.8 Å². The van der Waals surface area contributed by atoms with Crippen LogP contribution in [0.4, 0.5) is 0 Å². The summed E-state index contributed by atoms with van der Waals surface area (Å²) in [4.78, 5) is 11.9. The van der Waals surface area contributed by atoms with E-state index in [4.69, 9.17) is 9.26 Å². The maximum Gasteiger partial charge on any atom is 0.243 e. The lowest BCUT2D eigenvalue weighted by Gasteiger charge is -2.45. The highest BCUT2D eigenvalue weighted by Crippen LogP contribution is 2.50. The first-order chi connectivity index (χ1) is 13.3. The minimum atomic E-state index is -0.871. The van der Waals surface area contributed by atoms with Crippen LogP contribution in [0.1, 0.15) is 55.4 Å². The Morgan fingerprint density at radius 2 is 1.28 bits per heavy atom. The van der Waals surface area contributed by atoms with Gasteiger partial charge in [0.2, 0.25) is 5.12 Å². The predicted molar refractivity (Wildman–Crippen MR) is 128 cm³/mol. The summed E-state index contributed by atoms with van der Waals surface area (Å²) in [6, 6.07) is 1.63. The molecule has 0 heterocycles. The lowest BCUT2D eigenvalue weighted by molar-refractivity contribution is -0.861. The van der Waals surface area contributed by atoms with Crippen LogP contribution in [0.5, 0.6) is 0 Å². The minimum Gasteiger partial charge on any atom is -0.378 e. The lowest BCUT2D eigenvalue weighted by atomic mass is 10.3. The molecule has 0 amide bonds. The van der Waals surface area contributed by atoms with Gasteiger partial charge in [0.1, 0.15) is 6.54 Å². The smallest absolute Gasteiger partial charge is 0.243 e. The van der Waals surface area contributed by atoms with Crippen molar-refractivity contribution >= 4 is 25.3 Å². The average Bonchev–Trinajstić information content (AvgIpc) is 2.50. The average molecular weight is 453 g/mol. The van der Waals surface area contributed by atoms with Gasteiger partial charge in [0, 0.05) is 29.9 Å². The molecule has 0 rings (SSSR count). The van der Waals surface area contributed by atoms with E-state index < -0.39 is 8.45 Å². The second-order valence-electron chi connectivity index (χ2n) is 9.50. The zero-order valence-corrected chi connectivity index (χ0v) is 22.5. The van der Waals surface area contributed by atoms with Crippen LogP contribution < -0.4 is 0 Å². The number of carbonyl (C=O) groups is 1.